The van der Waals surface area contributed by atoms with Crippen molar-refractivity contribution in [1.82, 2.24) is 19.5 Å². The maximum atomic E-state index is 9.12. The highest BCUT2D eigenvalue weighted by Gasteiger charge is 2.22. The fourth-order valence-electron chi connectivity index (χ4n) is 2.16. The Morgan fingerprint density at radius 3 is 3.00 bits per heavy atom. The van der Waals surface area contributed by atoms with E-state index in [2.05, 4.69) is 21.0 Å². The van der Waals surface area contributed by atoms with Crippen molar-refractivity contribution in [2.24, 2.45) is 5.92 Å². The third kappa shape index (κ3) is 1.71. The summed E-state index contributed by atoms with van der Waals surface area (Å²) in [6, 6.07) is 0.183. The number of nitrogens with zero attached hydrogens (tertiary/aromatic N) is 4. The zero-order valence-corrected chi connectivity index (χ0v) is 9.75. The van der Waals surface area contributed by atoms with Gasteiger partial charge in [-0.1, -0.05) is 23.8 Å². The zero-order valence-electron chi connectivity index (χ0n) is 8.99. The van der Waals surface area contributed by atoms with Crippen molar-refractivity contribution in [1.29, 1.82) is 0 Å². The molecule has 0 fully saturated rings. The molecule has 1 unspecified atom stereocenters. The molecule has 17 heavy (non-hydrogen) atoms. The Bertz CT molecular complexity index is 580. The maximum Gasteiger partial charge on any atom is 0.165 e. The Balaban J connectivity index is 2.02. The molecule has 0 saturated heterocycles. The van der Waals surface area contributed by atoms with E-state index < -0.39 is 0 Å². The van der Waals surface area contributed by atoms with E-state index in [-0.39, 0.29) is 18.6 Å². The molecule has 3 rings (SSSR count). The molecule has 0 saturated carbocycles. The predicted octanol–water partition coefficient (Wildman–Crippen LogP) is 1.59. The minimum Gasteiger partial charge on any atom is -0.396 e. The topological polar surface area (TPSA) is 63.8 Å². The lowest BCUT2D eigenvalue weighted by molar-refractivity contribution is 0.244. The molecule has 0 amide bonds. The van der Waals surface area contributed by atoms with Crippen molar-refractivity contribution in [2.45, 2.75) is 12.5 Å². The van der Waals surface area contributed by atoms with Crippen LogP contribution in [0.2, 0.25) is 5.15 Å². The van der Waals surface area contributed by atoms with Gasteiger partial charge in [0.1, 0.15) is 11.8 Å². The van der Waals surface area contributed by atoms with Gasteiger partial charge in [-0.3, -0.25) is 0 Å². The first-order valence-corrected chi connectivity index (χ1v) is 5.79. The van der Waals surface area contributed by atoms with Crippen LogP contribution in [0.15, 0.2) is 24.8 Å². The molecule has 1 N–H and O–H groups in total. The van der Waals surface area contributed by atoms with E-state index in [1.165, 1.54) is 6.33 Å². The monoisotopic (exact) mass is 250 g/mol. The minimum absolute atomic E-state index is 0.176. The molecule has 1 aliphatic carbocycles. The first-order valence-electron chi connectivity index (χ1n) is 5.42. The summed E-state index contributed by atoms with van der Waals surface area (Å²) >= 11 is 5.95. The molecular formula is C11H11ClN4O. The molecule has 0 bridgehead atoms. The number of hydrogen-bond donors (Lipinski definition) is 1. The van der Waals surface area contributed by atoms with Crippen molar-refractivity contribution in [3.05, 3.63) is 30.0 Å². The number of rotatable bonds is 2. The van der Waals surface area contributed by atoms with Crippen molar-refractivity contribution in [2.75, 3.05) is 6.61 Å². The molecule has 2 heterocycles. The van der Waals surface area contributed by atoms with E-state index in [9.17, 15) is 0 Å². The molecule has 88 valence electrons. The van der Waals surface area contributed by atoms with Gasteiger partial charge in [0.25, 0.3) is 0 Å². The van der Waals surface area contributed by atoms with Crippen molar-refractivity contribution in [3.8, 4) is 0 Å². The van der Waals surface area contributed by atoms with Gasteiger partial charge in [-0.05, 0) is 6.42 Å². The van der Waals surface area contributed by atoms with Gasteiger partial charge in [-0.2, -0.15) is 0 Å². The average molecular weight is 251 g/mol. The Morgan fingerprint density at radius 1 is 1.35 bits per heavy atom. The summed E-state index contributed by atoms with van der Waals surface area (Å²) < 4.78 is 1.97. The number of hydrogen-bond acceptors (Lipinski definition) is 4. The Kier molecular flexibility index (Phi) is 2.57. The summed E-state index contributed by atoms with van der Waals surface area (Å²) in [5, 5.41) is 9.49. The van der Waals surface area contributed by atoms with E-state index in [1.807, 2.05) is 10.6 Å². The van der Waals surface area contributed by atoms with Crippen molar-refractivity contribution < 1.29 is 5.11 Å². The molecule has 0 aliphatic heterocycles. The Labute approximate surface area is 103 Å². The van der Waals surface area contributed by atoms with Crippen LogP contribution >= 0.6 is 11.6 Å². The standard InChI is InChI=1S/C11H11ClN4O/c12-10-9-11(14-5-13-10)16(6-15-9)8-2-1-7(3-8)4-17/h1-2,5-8,17H,3-4H2/t7?,8-/m1/s1. The van der Waals surface area contributed by atoms with Gasteiger partial charge in [-0.15, -0.1) is 0 Å². The van der Waals surface area contributed by atoms with Gasteiger partial charge >= 0.3 is 0 Å². The minimum atomic E-state index is 0.176. The summed E-state index contributed by atoms with van der Waals surface area (Å²) in [5.74, 6) is 0.217. The van der Waals surface area contributed by atoms with Crippen LogP contribution in [0.25, 0.3) is 11.2 Å². The van der Waals surface area contributed by atoms with Crippen LogP contribution in [0.3, 0.4) is 0 Å². The molecule has 0 spiro atoms. The lowest BCUT2D eigenvalue weighted by Crippen LogP contribution is -2.07. The van der Waals surface area contributed by atoms with Crippen LogP contribution in [0.1, 0.15) is 12.5 Å². The number of allylic oxidation sites excluding steroid dienone is 1. The van der Waals surface area contributed by atoms with Gasteiger partial charge < -0.3 is 9.67 Å². The normalized spacial score (nSPS) is 23.6. The molecule has 5 nitrogen and oxygen atoms in total. The number of aliphatic hydroxyl groups is 1. The number of aliphatic hydroxyl groups excluding tert-OH is 1. The highest BCUT2D eigenvalue weighted by Crippen LogP contribution is 2.30. The molecular weight excluding hydrogens is 240 g/mol. The summed E-state index contributed by atoms with van der Waals surface area (Å²) in [6.07, 6.45) is 8.12. The number of halogens is 1. The van der Waals surface area contributed by atoms with Crippen LogP contribution < -0.4 is 0 Å². The van der Waals surface area contributed by atoms with Gasteiger partial charge in [0.05, 0.1) is 12.4 Å². The summed E-state index contributed by atoms with van der Waals surface area (Å²) in [5.41, 5.74) is 1.35. The number of imidazole rings is 1. The highest BCUT2D eigenvalue weighted by molar-refractivity contribution is 6.33. The fraction of sp³-hybridized carbons (Fsp3) is 0.364. The molecule has 1 aliphatic rings. The highest BCUT2D eigenvalue weighted by atomic mass is 35.5. The van der Waals surface area contributed by atoms with E-state index in [0.717, 1.165) is 12.1 Å². The lowest BCUT2D eigenvalue weighted by Gasteiger charge is -2.12. The largest absolute Gasteiger partial charge is 0.396 e. The van der Waals surface area contributed by atoms with Crippen LogP contribution in [-0.4, -0.2) is 31.2 Å². The predicted molar refractivity (Wildman–Crippen MR) is 63.7 cm³/mol. The van der Waals surface area contributed by atoms with E-state index in [4.69, 9.17) is 16.7 Å². The molecule has 2 atom stereocenters. The van der Waals surface area contributed by atoms with Crippen LogP contribution in [0.5, 0.6) is 0 Å². The van der Waals surface area contributed by atoms with Gasteiger partial charge in [-0.25, -0.2) is 15.0 Å². The second-order valence-corrected chi connectivity index (χ2v) is 4.48. The van der Waals surface area contributed by atoms with Gasteiger partial charge in [0, 0.05) is 12.5 Å². The van der Waals surface area contributed by atoms with E-state index in [1.54, 1.807) is 6.33 Å². The van der Waals surface area contributed by atoms with Crippen LogP contribution in [0.4, 0.5) is 0 Å². The summed E-state index contributed by atoms with van der Waals surface area (Å²) in [4.78, 5) is 12.3. The second-order valence-electron chi connectivity index (χ2n) is 4.12. The molecule has 0 radical (unpaired) electrons. The lowest BCUT2D eigenvalue weighted by atomic mass is 10.1. The van der Waals surface area contributed by atoms with E-state index >= 15 is 0 Å². The maximum absolute atomic E-state index is 9.12. The Hall–Kier alpha value is -1.46. The number of fused-ring (bicyclic) bond motifs is 1. The zero-order chi connectivity index (χ0) is 11.8. The molecule has 0 aromatic carbocycles. The first kappa shape index (κ1) is 10.7. The summed E-state index contributed by atoms with van der Waals surface area (Å²) in [7, 11) is 0. The van der Waals surface area contributed by atoms with Crippen LogP contribution in [0, 0.1) is 5.92 Å². The van der Waals surface area contributed by atoms with Gasteiger partial charge in [0.15, 0.2) is 10.8 Å². The van der Waals surface area contributed by atoms with Crippen LogP contribution in [-0.2, 0) is 0 Å². The number of aromatic nitrogens is 4. The van der Waals surface area contributed by atoms with E-state index in [0.29, 0.717) is 10.7 Å². The SMILES string of the molecule is OCC1C=C[C@@H](n2cnc3c(Cl)ncnc32)C1. The van der Waals surface area contributed by atoms with Crippen molar-refractivity contribution in [3.63, 3.8) is 0 Å². The molecule has 6 heteroatoms. The molecule has 2 aromatic heterocycles. The third-order valence-corrected chi connectivity index (χ3v) is 3.33. The first-order chi connectivity index (χ1) is 8.29. The average Bonchev–Trinajstić information content (AvgIpc) is 2.94. The Morgan fingerprint density at radius 2 is 2.24 bits per heavy atom. The third-order valence-electron chi connectivity index (χ3n) is 3.06. The smallest absolute Gasteiger partial charge is 0.165 e. The van der Waals surface area contributed by atoms with Crippen molar-refractivity contribution >= 4 is 22.8 Å². The molecule has 2 aromatic rings. The van der Waals surface area contributed by atoms with Gasteiger partial charge in [0.2, 0.25) is 0 Å². The quantitative estimate of drug-likeness (QED) is 0.649. The second kappa shape index (κ2) is 4.09. The fourth-order valence-corrected chi connectivity index (χ4v) is 2.34. The summed E-state index contributed by atoms with van der Waals surface area (Å²) in [6.45, 7) is 0.176.